The lowest BCUT2D eigenvalue weighted by atomic mass is 9.93. The molecule has 2 aliphatic heterocycles. The van der Waals surface area contributed by atoms with E-state index in [-0.39, 0.29) is 28.3 Å². The summed E-state index contributed by atoms with van der Waals surface area (Å²) in [6.07, 6.45) is 6.84. The smallest absolute Gasteiger partial charge is 0.341 e. The van der Waals surface area contributed by atoms with E-state index in [1.54, 1.807) is 6.07 Å². The number of carboxylic acid groups (broad SMARTS) is 1. The molecule has 0 bridgehead atoms. The molecule has 0 saturated heterocycles. The summed E-state index contributed by atoms with van der Waals surface area (Å²) in [5.74, 6) is -3.79. The highest BCUT2D eigenvalue weighted by Crippen LogP contribution is 2.39. The van der Waals surface area contributed by atoms with Crippen molar-refractivity contribution in [2.45, 2.75) is 58.3 Å². The Morgan fingerprint density at radius 3 is 2.35 bits per heavy atom. The number of carbonyl (C=O) groups excluding carboxylic acids is 4. The van der Waals surface area contributed by atoms with Gasteiger partial charge in [0.05, 0.1) is 21.8 Å². The fourth-order valence-corrected chi connectivity index (χ4v) is 5.17. The van der Waals surface area contributed by atoms with Crippen molar-refractivity contribution < 1.29 is 38.2 Å². The minimum absolute atomic E-state index is 0.110. The monoisotopic (exact) mass is 570 g/mol. The van der Waals surface area contributed by atoms with Crippen LogP contribution in [0.2, 0.25) is 5.02 Å². The molecular formula is C29H28ClFN2O7. The van der Waals surface area contributed by atoms with Gasteiger partial charge in [-0.25, -0.2) is 14.1 Å². The van der Waals surface area contributed by atoms with Gasteiger partial charge in [0.2, 0.25) is 0 Å². The number of anilines is 1. The second-order valence-electron chi connectivity index (χ2n) is 9.61. The van der Waals surface area contributed by atoms with Crippen molar-refractivity contribution in [1.82, 2.24) is 5.32 Å². The number of benzene rings is 2. The summed E-state index contributed by atoms with van der Waals surface area (Å²) in [7, 11) is 0. The van der Waals surface area contributed by atoms with Crippen LogP contribution in [0.25, 0.3) is 0 Å². The van der Waals surface area contributed by atoms with Gasteiger partial charge in [-0.15, -0.1) is 0 Å². The topological polar surface area (TPSA) is 130 Å². The number of fused-ring (bicyclic) bond motifs is 1. The molecule has 40 heavy (non-hydrogen) atoms. The molecule has 0 unspecified atom stereocenters. The van der Waals surface area contributed by atoms with Crippen LogP contribution < -0.4 is 15.0 Å². The number of carboxylic acids is 1. The highest BCUT2D eigenvalue weighted by molar-refractivity contribution is 6.34. The summed E-state index contributed by atoms with van der Waals surface area (Å²) in [6.45, 7) is 1.47. The van der Waals surface area contributed by atoms with E-state index in [2.05, 4.69) is 12.2 Å². The molecule has 0 spiro atoms. The Morgan fingerprint density at radius 1 is 1.05 bits per heavy atom. The number of halogens is 2. The minimum Gasteiger partial charge on any atom is -0.480 e. The first-order valence-electron chi connectivity index (χ1n) is 13.1. The van der Waals surface area contributed by atoms with Crippen molar-refractivity contribution in [2.24, 2.45) is 0 Å². The fourth-order valence-electron chi connectivity index (χ4n) is 4.96. The predicted octanol–water partition coefficient (Wildman–Crippen LogP) is 4.99. The lowest BCUT2D eigenvalue weighted by Gasteiger charge is -2.17. The van der Waals surface area contributed by atoms with E-state index in [1.165, 1.54) is 0 Å². The zero-order valence-electron chi connectivity index (χ0n) is 21.9. The van der Waals surface area contributed by atoms with Gasteiger partial charge in [0.15, 0.2) is 6.61 Å². The predicted molar refractivity (Wildman–Crippen MR) is 144 cm³/mol. The average Bonchev–Trinajstić information content (AvgIpc) is 3.36. The first-order chi connectivity index (χ1) is 19.1. The molecule has 3 aliphatic rings. The van der Waals surface area contributed by atoms with Crippen molar-refractivity contribution >= 4 is 46.9 Å². The maximum absolute atomic E-state index is 14.3. The SMILES string of the molecule is CCCCCc1cccc2c1C(=O)NC2=O.O=C(O)COc1cc(N2C(=O)C3=C(CCCC3)C2=O)c(F)cc1Cl. The number of nitrogens with zero attached hydrogens (tertiary/aromatic N) is 1. The zero-order valence-corrected chi connectivity index (χ0v) is 22.6. The van der Waals surface area contributed by atoms with Gasteiger partial charge in [0.1, 0.15) is 11.6 Å². The van der Waals surface area contributed by atoms with Crippen LogP contribution in [0.4, 0.5) is 10.1 Å². The number of amides is 4. The van der Waals surface area contributed by atoms with Crippen LogP contribution in [0.3, 0.4) is 0 Å². The number of nitrogens with one attached hydrogen (secondary N) is 1. The van der Waals surface area contributed by atoms with Crippen molar-refractivity contribution in [1.29, 1.82) is 0 Å². The standard InChI is InChI=1S/C16H13ClFNO5.C13H15NO2/c17-10-5-11(18)12(6-13(10)24-7-14(20)21)19-15(22)8-3-1-2-4-9(8)16(19)23;1-2-3-4-6-9-7-5-8-10-11(9)13(16)14-12(10)15/h5-6H,1-4,7H2,(H,20,21);5,7-8H,2-4,6H2,1H3,(H,14,15,16). The third-order valence-electron chi connectivity index (χ3n) is 6.88. The van der Waals surface area contributed by atoms with Crippen LogP contribution in [-0.2, 0) is 20.8 Å². The lowest BCUT2D eigenvalue weighted by molar-refractivity contribution is -0.139. The Morgan fingerprint density at radius 2 is 1.73 bits per heavy atom. The van der Waals surface area contributed by atoms with Gasteiger partial charge in [-0.2, -0.15) is 0 Å². The Hall–Kier alpha value is -4.05. The van der Waals surface area contributed by atoms with Crippen LogP contribution in [0.15, 0.2) is 41.5 Å². The minimum atomic E-state index is -1.23. The number of rotatable bonds is 8. The summed E-state index contributed by atoms with van der Waals surface area (Å²) in [6, 6.07) is 7.46. The van der Waals surface area contributed by atoms with E-state index in [4.69, 9.17) is 21.4 Å². The second kappa shape index (κ2) is 12.4. The summed E-state index contributed by atoms with van der Waals surface area (Å²) < 4.78 is 19.3. The molecule has 1 aliphatic carbocycles. The summed E-state index contributed by atoms with van der Waals surface area (Å²) >= 11 is 5.83. The largest absolute Gasteiger partial charge is 0.480 e. The number of hydrogen-bond acceptors (Lipinski definition) is 6. The molecule has 2 aromatic carbocycles. The van der Waals surface area contributed by atoms with Gasteiger partial charge in [-0.1, -0.05) is 43.5 Å². The molecule has 0 radical (unpaired) electrons. The van der Waals surface area contributed by atoms with Crippen molar-refractivity contribution in [2.75, 3.05) is 11.5 Å². The maximum atomic E-state index is 14.3. The third kappa shape index (κ3) is 5.91. The first-order valence-corrected chi connectivity index (χ1v) is 13.4. The van der Waals surface area contributed by atoms with Gasteiger partial charge >= 0.3 is 5.97 Å². The molecule has 11 heteroatoms. The van der Waals surface area contributed by atoms with Gasteiger partial charge in [0.25, 0.3) is 23.6 Å². The van der Waals surface area contributed by atoms with E-state index in [9.17, 15) is 28.4 Å². The van der Waals surface area contributed by atoms with E-state index < -0.39 is 30.2 Å². The van der Waals surface area contributed by atoms with Crippen LogP contribution in [-0.4, -0.2) is 41.3 Å². The number of unbranched alkanes of at least 4 members (excludes halogenated alkanes) is 2. The Balaban J connectivity index is 0.000000201. The highest BCUT2D eigenvalue weighted by Gasteiger charge is 2.41. The molecular weight excluding hydrogens is 543 g/mol. The van der Waals surface area contributed by atoms with Crippen LogP contribution in [0.5, 0.6) is 5.75 Å². The van der Waals surface area contributed by atoms with Gasteiger partial charge in [-0.05, 0) is 56.2 Å². The van der Waals surface area contributed by atoms with E-state index in [0.29, 0.717) is 35.1 Å². The summed E-state index contributed by atoms with van der Waals surface area (Å²) in [5, 5.41) is 10.8. The van der Waals surface area contributed by atoms with Crippen LogP contribution in [0.1, 0.15) is 78.1 Å². The molecule has 2 aromatic rings. The van der Waals surface area contributed by atoms with Crippen molar-refractivity contribution in [3.63, 3.8) is 0 Å². The molecule has 0 saturated carbocycles. The normalized spacial score (nSPS) is 15.9. The number of carbonyl (C=O) groups is 5. The molecule has 0 atom stereocenters. The highest BCUT2D eigenvalue weighted by atomic mass is 35.5. The molecule has 2 N–H and O–H groups in total. The lowest BCUT2D eigenvalue weighted by Crippen LogP contribution is -2.32. The van der Waals surface area contributed by atoms with E-state index >= 15 is 0 Å². The molecule has 0 aromatic heterocycles. The number of aryl methyl sites for hydroxylation is 1. The average molecular weight is 571 g/mol. The fraction of sp³-hybridized carbons (Fsp3) is 0.345. The van der Waals surface area contributed by atoms with Gasteiger partial charge in [0, 0.05) is 17.2 Å². The van der Waals surface area contributed by atoms with Crippen molar-refractivity contribution in [3.05, 3.63) is 69.0 Å². The molecule has 0 fully saturated rings. The van der Waals surface area contributed by atoms with E-state index in [0.717, 1.165) is 61.1 Å². The maximum Gasteiger partial charge on any atom is 0.341 e. The Bertz CT molecular complexity index is 1410. The summed E-state index contributed by atoms with van der Waals surface area (Å²) in [5.41, 5.74) is 2.67. The third-order valence-corrected chi connectivity index (χ3v) is 7.18. The van der Waals surface area contributed by atoms with E-state index in [1.807, 2.05) is 12.1 Å². The van der Waals surface area contributed by atoms with Crippen molar-refractivity contribution in [3.8, 4) is 5.75 Å². The first kappa shape index (κ1) is 28.9. The quantitative estimate of drug-likeness (QED) is 0.338. The molecule has 2 heterocycles. The Labute approximate surface area is 234 Å². The number of imide groups is 2. The van der Waals surface area contributed by atoms with Gasteiger partial charge in [-0.3, -0.25) is 24.5 Å². The Kier molecular flexibility index (Phi) is 8.99. The molecule has 210 valence electrons. The second-order valence-corrected chi connectivity index (χ2v) is 10.0. The van der Waals surface area contributed by atoms with Gasteiger partial charge < -0.3 is 9.84 Å². The zero-order chi connectivity index (χ0) is 29.0. The molecule has 5 rings (SSSR count). The summed E-state index contributed by atoms with van der Waals surface area (Å²) in [4.78, 5) is 59.4. The van der Waals surface area contributed by atoms with Crippen LogP contribution >= 0.6 is 11.6 Å². The number of hydrogen-bond donors (Lipinski definition) is 2. The molecule has 4 amide bonds. The molecule has 9 nitrogen and oxygen atoms in total. The number of ether oxygens (including phenoxy) is 1. The van der Waals surface area contributed by atoms with Crippen LogP contribution in [0, 0.1) is 5.82 Å². The number of aliphatic carboxylic acids is 1.